The molecule has 27 heavy (non-hydrogen) atoms. The Hall–Kier alpha value is -3.59. The third-order valence-corrected chi connectivity index (χ3v) is 4.30. The van der Waals surface area contributed by atoms with Gasteiger partial charge in [0.2, 0.25) is 5.43 Å². The molecule has 131 valence electrons. The Labute approximate surface area is 158 Å². The summed E-state index contributed by atoms with van der Waals surface area (Å²) >= 11 is 0. The van der Waals surface area contributed by atoms with E-state index >= 15 is 0 Å². The third-order valence-electron chi connectivity index (χ3n) is 4.30. The summed E-state index contributed by atoms with van der Waals surface area (Å²) in [5, 5.41) is 0. The second-order valence-corrected chi connectivity index (χ2v) is 6.19. The van der Waals surface area contributed by atoms with Crippen molar-refractivity contribution >= 4 is 0 Å². The summed E-state index contributed by atoms with van der Waals surface area (Å²) in [7, 11) is 0. The number of benzene rings is 3. The summed E-state index contributed by atoms with van der Waals surface area (Å²) in [5.74, 6) is 0.284. The molecule has 0 spiro atoms. The van der Waals surface area contributed by atoms with E-state index in [1.807, 2.05) is 65.2 Å². The number of rotatable bonds is 5. The van der Waals surface area contributed by atoms with E-state index in [0.717, 1.165) is 22.4 Å². The smallest absolute Gasteiger partial charge is 0.231 e. The van der Waals surface area contributed by atoms with Gasteiger partial charge < -0.3 is 9.30 Å². The van der Waals surface area contributed by atoms with Crippen molar-refractivity contribution in [3.05, 3.63) is 119 Å². The van der Waals surface area contributed by atoms with Crippen molar-refractivity contribution in [1.82, 2.24) is 4.57 Å². The first-order chi connectivity index (χ1) is 13.3. The van der Waals surface area contributed by atoms with E-state index < -0.39 is 0 Å². The van der Waals surface area contributed by atoms with E-state index in [4.69, 9.17) is 4.74 Å². The SMILES string of the molecule is O=c1[c]cn(-c2cccc(-c3ccccc3)c2)cc1OCc1ccccc1. The fourth-order valence-electron chi connectivity index (χ4n) is 2.89. The molecule has 1 aromatic heterocycles. The summed E-state index contributed by atoms with van der Waals surface area (Å²) in [6.07, 6.45) is 3.35. The summed E-state index contributed by atoms with van der Waals surface area (Å²) < 4.78 is 7.59. The summed E-state index contributed by atoms with van der Waals surface area (Å²) in [6, 6.07) is 30.8. The van der Waals surface area contributed by atoms with Crippen LogP contribution in [0.2, 0.25) is 0 Å². The van der Waals surface area contributed by atoms with Crippen molar-refractivity contribution in [3.63, 3.8) is 0 Å². The number of nitrogens with zero attached hydrogens (tertiary/aromatic N) is 1. The molecule has 0 atom stereocenters. The average Bonchev–Trinajstić information content (AvgIpc) is 2.75. The fourth-order valence-corrected chi connectivity index (χ4v) is 2.89. The van der Waals surface area contributed by atoms with E-state index in [2.05, 4.69) is 30.3 Å². The molecule has 3 nitrogen and oxygen atoms in total. The lowest BCUT2D eigenvalue weighted by Gasteiger charge is -2.11. The molecule has 3 aromatic carbocycles. The molecule has 0 aliphatic heterocycles. The third kappa shape index (κ3) is 3.98. The molecule has 4 aromatic rings. The van der Waals surface area contributed by atoms with Gasteiger partial charge in [-0.3, -0.25) is 4.79 Å². The molecule has 0 N–H and O–H groups in total. The van der Waals surface area contributed by atoms with Crippen molar-refractivity contribution in [2.45, 2.75) is 6.61 Å². The molecule has 0 aliphatic carbocycles. The molecular formula is C24H18NO2. The van der Waals surface area contributed by atoms with E-state index in [1.54, 1.807) is 12.4 Å². The largest absolute Gasteiger partial charge is 0.483 e. The Morgan fingerprint density at radius 2 is 1.52 bits per heavy atom. The molecule has 0 fully saturated rings. The Bertz CT molecular complexity index is 1090. The van der Waals surface area contributed by atoms with Gasteiger partial charge in [0.05, 0.1) is 12.3 Å². The van der Waals surface area contributed by atoms with Crippen molar-refractivity contribution in [2.75, 3.05) is 0 Å². The molecule has 0 aliphatic rings. The minimum Gasteiger partial charge on any atom is -0.483 e. The van der Waals surface area contributed by atoms with Crippen LogP contribution in [0.5, 0.6) is 5.75 Å². The molecule has 1 heterocycles. The van der Waals surface area contributed by atoms with Crippen molar-refractivity contribution in [2.24, 2.45) is 0 Å². The van der Waals surface area contributed by atoms with E-state index in [9.17, 15) is 4.79 Å². The monoisotopic (exact) mass is 352 g/mol. The van der Waals surface area contributed by atoms with Gasteiger partial charge in [0.25, 0.3) is 0 Å². The number of hydrogen-bond donors (Lipinski definition) is 0. The minimum atomic E-state index is -0.249. The van der Waals surface area contributed by atoms with Crippen LogP contribution in [0, 0.1) is 6.07 Å². The fraction of sp³-hybridized carbons (Fsp3) is 0.0417. The first-order valence-electron chi connectivity index (χ1n) is 8.76. The average molecular weight is 352 g/mol. The maximum atomic E-state index is 12.1. The van der Waals surface area contributed by atoms with Gasteiger partial charge in [-0.1, -0.05) is 72.8 Å². The van der Waals surface area contributed by atoms with Crippen LogP contribution >= 0.6 is 0 Å². The molecule has 0 saturated heterocycles. The highest BCUT2D eigenvalue weighted by molar-refractivity contribution is 5.65. The molecule has 4 rings (SSSR count). The summed E-state index contributed by atoms with van der Waals surface area (Å²) in [5.41, 5.74) is 3.96. The quantitative estimate of drug-likeness (QED) is 0.512. The Kier molecular flexibility index (Phi) is 4.84. The van der Waals surface area contributed by atoms with Gasteiger partial charge in [0, 0.05) is 11.9 Å². The Morgan fingerprint density at radius 1 is 0.815 bits per heavy atom. The Balaban J connectivity index is 1.62. The molecular weight excluding hydrogens is 334 g/mol. The second kappa shape index (κ2) is 7.75. The van der Waals surface area contributed by atoms with Crippen LogP contribution in [0.4, 0.5) is 0 Å². The van der Waals surface area contributed by atoms with Gasteiger partial charge in [0.15, 0.2) is 5.75 Å². The maximum Gasteiger partial charge on any atom is 0.231 e. The first-order valence-corrected chi connectivity index (χ1v) is 8.76. The van der Waals surface area contributed by atoms with Crippen LogP contribution in [0.1, 0.15) is 5.56 Å². The zero-order valence-electron chi connectivity index (χ0n) is 14.7. The van der Waals surface area contributed by atoms with Crippen LogP contribution in [-0.2, 0) is 6.61 Å². The van der Waals surface area contributed by atoms with Crippen LogP contribution in [0.3, 0.4) is 0 Å². The molecule has 0 bridgehead atoms. The van der Waals surface area contributed by atoms with E-state index in [0.29, 0.717) is 6.61 Å². The van der Waals surface area contributed by atoms with Gasteiger partial charge in [-0.15, -0.1) is 0 Å². The number of pyridine rings is 1. The first kappa shape index (κ1) is 16.9. The predicted octanol–water partition coefficient (Wildman–Crippen LogP) is 4.88. The second-order valence-electron chi connectivity index (χ2n) is 6.19. The maximum absolute atomic E-state index is 12.1. The van der Waals surface area contributed by atoms with Crippen LogP contribution in [-0.4, -0.2) is 4.57 Å². The Morgan fingerprint density at radius 3 is 2.30 bits per heavy atom. The van der Waals surface area contributed by atoms with Gasteiger partial charge in [-0.25, -0.2) is 0 Å². The lowest BCUT2D eigenvalue weighted by atomic mass is 10.1. The zero-order chi connectivity index (χ0) is 18.5. The van der Waals surface area contributed by atoms with Gasteiger partial charge >= 0.3 is 0 Å². The minimum absolute atomic E-state index is 0.249. The van der Waals surface area contributed by atoms with Gasteiger partial charge in [-0.05, 0) is 28.8 Å². The lowest BCUT2D eigenvalue weighted by molar-refractivity contribution is 0.301. The van der Waals surface area contributed by atoms with Crippen LogP contribution < -0.4 is 10.2 Å². The van der Waals surface area contributed by atoms with Crippen LogP contribution in [0.15, 0.2) is 102 Å². The van der Waals surface area contributed by atoms with Crippen molar-refractivity contribution in [1.29, 1.82) is 0 Å². The lowest BCUT2D eigenvalue weighted by Crippen LogP contribution is -2.10. The molecule has 0 unspecified atom stereocenters. The summed E-state index contributed by atoms with van der Waals surface area (Å²) in [6.45, 7) is 0.345. The highest BCUT2D eigenvalue weighted by Crippen LogP contribution is 2.22. The van der Waals surface area contributed by atoms with Crippen molar-refractivity contribution < 1.29 is 4.74 Å². The normalized spacial score (nSPS) is 10.5. The zero-order valence-corrected chi connectivity index (χ0v) is 14.7. The number of hydrogen-bond acceptors (Lipinski definition) is 2. The highest BCUT2D eigenvalue weighted by atomic mass is 16.5. The molecule has 3 heteroatoms. The predicted molar refractivity (Wildman–Crippen MR) is 107 cm³/mol. The standard InChI is InChI=1S/C24H18NO2/c26-23-14-15-25(17-24(23)27-18-19-8-3-1-4-9-19)22-13-7-12-21(16-22)20-10-5-2-6-11-20/h1-13,15-17H,18H2. The highest BCUT2D eigenvalue weighted by Gasteiger charge is 2.05. The topological polar surface area (TPSA) is 31.2 Å². The molecule has 1 radical (unpaired) electrons. The van der Waals surface area contributed by atoms with Crippen LogP contribution in [0.25, 0.3) is 16.8 Å². The molecule has 0 saturated carbocycles. The summed E-state index contributed by atoms with van der Waals surface area (Å²) in [4.78, 5) is 12.1. The van der Waals surface area contributed by atoms with Gasteiger partial charge in [-0.2, -0.15) is 0 Å². The number of aromatic nitrogens is 1. The number of ether oxygens (including phenoxy) is 1. The van der Waals surface area contributed by atoms with Gasteiger partial charge in [0.1, 0.15) is 6.61 Å². The van der Waals surface area contributed by atoms with Crippen molar-refractivity contribution in [3.8, 4) is 22.6 Å². The van der Waals surface area contributed by atoms with E-state index in [1.165, 1.54) is 0 Å². The molecule has 0 amide bonds. The van der Waals surface area contributed by atoms with E-state index in [-0.39, 0.29) is 11.2 Å².